The molecule has 2 N–H and O–H groups in total. The highest BCUT2D eigenvalue weighted by Crippen LogP contribution is 2.52. The number of carboxylic acids is 1. The van der Waals surface area contributed by atoms with Gasteiger partial charge in [-0.25, -0.2) is 4.98 Å². The second-order valence-electron chi connectivity index (χ2n) is 7.95. The van der Waals surface area contributed by atoms with Crippen LogP contribution in [0.15, 0.2) is 18.2 Å². The molecule has 4 atom stereocenters. The van der Waals surface area contributed by atoms with Gasteiger partial charge in [0.2, 0.25) is 5.91 Å². The number of nitrogens with one attached hydrogen (secondary N) is 1. The maximum atomic E-state index is 12.9. The maximum Gasteiger partial charge on any atom is 0.307 e. The quantitative estimate of drug-likeness (QED) is 0.818. The minimum Gasteiger partial charge on any atom is -0.481 e. The zero-order chi connectivity index (χ0) is 19.3. The van der Waals surface area contributed by atoms with Crippen LogP contribution in [0.3, 0.4) is 0 Å². The van der Waals surface area contributed by atoms with Crippen molar-refractivity contribution in [3.8, 4) is 11.3 Å². The van der Waals surface area contributed by atoms with E-state index in [1.807, 2.05) is 6.92 Å². The Balaban J connectivity index is 1.58. The van der Waals surface area contributed by atoms with Crippen LogP contribution in [-0.2, 0) is 9.59 Å². The number of hydrogen-bond acceptors (Lipinski definition) is 4. The van der Waals surface area contributed by atoms with Gasteiger partial charge in [-0.05, 0) is 63.5 Å². The second-order valence-corrected chi connectivity index (χ2v) is 9.16. The Hall–Kier alpha value is -2.21. The lowest BCUT2D eigenvalue weighted by atomic mass is 9.79. The first-order valence-corrected chi connectivity index (χ1v) is 10.3. The summed E-state index contributed by atoms with van der Waals surface area (Å²) in [5.74, 6) is -1.68. The summed E-state index contributed by atoms with van der Waals surface area (Å²) in [5.41, 5.74) is 4.28. The van der Waals surface area contributed by atoms with Crippen LogP contribution in [0, 0.1) is 44.4 Å². The van der Waals surface area contributed by atoms with Crippen molar-refractivity contribution in [3.05, 3.63) is 34.2 Å². The molecule has 4 rings (SSSR count). The predicted molar refractivity (Wildman–Crippen MR) is 106 cm³/mol. The Labute approximate surface area is 162 Å². The van der Waals surface area contributed by atoms with Crippen molar-refractivity contribution in [1.82, 2.24) is 4.98 Å². The summed E-state index contributed by atoms with van der Waals surface area (Å²) in [6.07, 6.45) is 2.75. The Kier molecular flexibility index (Phi) is 4.54. The van der Waals surface area contributed by atoms with Gasteiger partial charge in [0.25, 0.3) is 0 Å². The molecule has 1 aromatic heterocycles. The minimum absolute atomic E-state index is 0.145. The Morgan fingerprint density at radius 2 is 1.85 bits per heavy atom. The van der Waals surface area contributed by atoms with E-state index in [0.29, 0.717) is 5.13 Å². The molecule has 142 valence electrons. The standard InChI is InChI=1S/C21H24N2O3S/c1-10-4-5-11(2)15(8-10)18-12(3)27-21(22-18)23-19(24)16-13-6-7-14(9-13)17(16)20(25)26/h4-5,8,13-14,16-17H,6-7,9H2,1-3H3,(H,25,26)(H,22,23,24)/t13-,14-,16+,17+/m0/s1. The predicted octanol–water partition coefficient (Wildman–Crippen LogP) is 4.42. The summed E-state index contributed by atoms with van der Waals surface area (Å²) in [6.45, 7) is 6.11. The molecule has 1 aromatic carbocycles. The fourth-order valence-corrected chi connectivity index (χ4v) is 5.73. The lowest BCUT2D eigenvalue weighted by Crippen LogP contribution is -2.37. The number of rotatable bonds is 4. The van der Waals surface area contributed by atoms with Crippen molar-refractivity contribution in [1.29, 1.82) is 0 Å². The van der Waals surface area contributed by atoms with Gasteiger partial charge in [-0.2, -0.15) is 0 Å². The summed E-state index contributed by atoms with van der Waals surface area (Å²) >= 11 is 1.45. The first-order chi connectivity index (χ1) is 12.8. The number of carboxylic acid groups (broad SMARTS) is 1. The van der Waals surface area contributed by atoms with E-state index >= 15 is 0 Å². The summed E-state index contributed by atoms with van der Waals surface area (Å²) in [5, 5.41) is 13.1. The second kappa shape index (κ2) is 6.75. The number of aromatic nitrogens is 1. The number of thiazole rings is 1. The van der Waals surface area contributed by atoms with Gasteiger partial charge in [0, 0.05) is 10.4 Å². The van der Waals surface area contributed by atoms with E-state index < -0.39 is 17.8 Å². The Bertz CT molecular complexity index is 920. The Morgan fingerprint density at radius 3 is 2.56 bits per heavy atom. The number of carbonyl (C=O) groups excluding carboxylic acids is 1. The minimum atomic E-state index is -0.839. The molecule has 2 saturated carbocycles. The van der Waals surface area contributed by atoms with Crippen LogP contribution in [0.2, 0.25) is 0 Å². The summed E-state index contributed by atoms with van der Waals surface area (Å²) in [6, 6.07) is 6.26. The van der Waals surface area contributed by atoms with Crippen molar-refractivity contribution in [2.45, 2.75) is 40.0 Å². The highest BCUT2D eigenvalue weighted by atomic mass is 32.1. The molecule has 0 radical (unpaired) electrons. The van der Waals surface area contributed by atoms with Gasteiger partial charge < -0.3 is 10.4 Å². The molecule has 0 saturated heterocycles. The number of anilines is 1. The molecule has 5 nitrogen and oxygen atoms in total. The summed E-state index contributed by atoms with van der Waals surface area (Å²) < 4.78 is 0. The number of fused-ring (bicyclic) bond motifs is 2. The monoisotopic (exact) mass is 384 g/mol. The van der Waals surface area contributed by atoms with E-state index in [9.17, 15) is 14.7 Å². The van der Waals surface area contributed by atoms with E-state index in [2.05, 4.69) is 42.3 Å². The highest BCUT2D eigenvalue weighted by molar-refractivity contribution is 7.16. The molecule has 1 heterocycles. The van der Waals surface area contributed by atoms with E-state index in [1.165, 1.54) is 16.9 Å². The zero-order valence-corrected chi connectivity index (χ0v) is 16.6. The molecule has 27 heavy (non-hydrogen) atoms. The highest BCUT2D eigenvalue weighted by Gasteiger charge is 2.54. The maximum absolute atomic E-state index is 12.9. The number of carbonyl (C=O) groups is 2. The lowest BCUT2D eigenvalue weighted by molar-refractivity contribution is -0.148. The van der Waals surface area contributed by atoms with Crippen molar-refractivity contribution in [3.63, 3.8) is 0 Å². The number of amides is 1. The molecule has 0 unspecified atom stereocenters. The van der Waals surface area contributed by atoms with Crippen molar-refractivity contribution < 1.29 is 14.7 Å². The van der Waals surface area contributed by atoms with Crippen LogP contribution in [0.4, 0.5) is 5.13 Å². The number of aliphatic carboxylic acids is 1. The molecule has 0 spiro atoms. The lowest BCUT2D eigenvalue weighted by Gasteiger charge is -2.26. The van der Waals surface area contributed by atoms with Gasteiger partial charge in [-0.15, -0.1) is 11.3 Å². The van der Waals surface area contributed by atoms with E-state index in [0.717, 1.165) is 41.0 Å². The van der Waals surface area contributed by atoms with Gasteiger partial charge in [0.1, 0.15) is 0 Å². The normalized spacial score (nSPS) is 26.3. The van der Waals surface area contributed by atoms with Crippen molar-refractivity contribution >= 4 is 28.3 Å². The first kappa shape index (κ1) is 18.2. The van der Waals surface area contributed by atoms with Crippen molar-refractivity contribution in [2.24, 2.45) is 23.7 Å². The summed E-state index contributed by atoms with van der Waals surface area (Å²) in [4.78, 5) is 30.3. The van der Waals surface area contributed by atoms with Gasteiger partial charge in [0.05, 0.1) is 17.5 Å². The molecule has 2 aromatic rings. The number of hydrogen-bond donors (Lipinski definition) is 2. The molecular weight excluding hydrogens is 360 g/mol. The largest absolute Gasteiger partial charge is 0.481 e. The van der Waals surface area contributed by atoms with Gasteiger partial charge in [0.15, 0.2) is 5.13 Å². The van der Waals surface area contributed by atoms with Crippen molar-refractivity contribution in [2.75, 3.05) is 5.32 Å². The SMILES string of the molecule is Cc1ccc(C)c(-c2nc(NC(=O)[C@@H]3[C@H]4CC[C@@H](C4)[C@H]3C(=O)O)sc2C)c1. The fourth-order valence-electron chi connectivity index (χ4n) is 4.90. The topological polar surface area (TPSA) is 79.3 Å². The fraction of sp³-hybridized carbons (Fsp3) is 0.476. The zero-order valence-electron chi connectivity index (χ0n) is 15.8. The molecule has 2 aliphatic carbocycles. The van der Waals surface area contributed by atoms with Crippen LogP contribution in [0.1, 0.15) is 35.3 Å². The molecular formula is C21H24N2O3S. The third-order valence-electron chi connectivity index (χ3n) is 6.18. The van der Waals surface area contributed by atoms with Crippen LogP contribution in [-0.4, -0.2) is 22.0 Å². The average Bonchev–Trinajstić information content (AvgIpc) is 3.31. The molecule has 2 bridgehead atoms. The molecule has 1 amide bonds. The van der Waals surface area contributed by atoms with Crippen LogP contribution in [0.5, 0.6) is 0 Å². The average molecular weight is 385 g/mol. The van der Waals surface area contributed by atoms with Crippen LogP contribution in [0.25, 0.3) is 11.3 Å². The van der Waals surface area contributed by atoms with Crippen LogP contribution < -0.4 is 5.32 Å². The molecule has 2 fully saturated rings. The van der Waals surface area contributed by atoms with E-state index in [4.69, 9.17) is 0 Å². The molecule has 0 aliphatic heterocycles. The van der Waals surface area contributed by atoms with Crippen LogP contribution >= 0.6 is 11.3 Å². The van der Waals surface area contributed by atoms with E-state index in [1.54, 1.807) is 0 Å². The van der Waals surface area contributed by atoms with Gasteiger partial charge >= 0.3 is 5.97 Å². The number of aryl methyl sites for hydroxylation is 3. The third-order valence-corrected chi connectivity index (χ3v) is 7.07. The smallest absolute Gasteiger partial charge is 0.307 e. The molecule has 6 heteroatoms. The Morgan fingerprint density at radius 1 is 1.15 bits per heavy atom. The molecule has 2 aliphatic rings. The number of benzene rings is 1. The first-order valence-electron chi connectivity index (χ1n) is 9.44. The van der Waals surface area contributed by atoms with Gasteiger partial charge in [-0.1, -0.05) is 17.7 Å². The van der Waals surface area contributed by atoms with Gasteiger partial charge in [-0.3, -0.25) is 9.59 Å². The third kappa shape index (κ3) is 3.16. The summed E-state index contributed by atoms with van der Waals surface area (Å²) in [7, 11) is 0. The van der Waals surface area contributed by atoms with E-state index in [-0.39, 0.29) is 17.7 Å². The number of nitrogens with zero attached hydrogens (tertiary/aromatic N) is 1.